The summed E-state index contributed by atoms with van der Waals surface area (Å²) in [6.45, 7) is 4.09. The standard InChI is InChI=1S/C22H20N8O2/c1-14-10-15(2)30(29-14)22-26-20(24-17-6-4-3-5-7-17)25-21(27-22)28-23-12-16-8-9-18-19(11-16)32-13-31-18/h3-12H,13H2,1-2H3,(H2,24,25,26,27,28). The number of aryl methyl sites for hydroxylation is 2. The van der Waals surface area contributed by atoms with Gasteiger partial charge >= 0.3 is 0 Å². The van der Waals surface area contributed by atoms with Crippen LogP contribution in [-0.4, -0.2) is 37.7 Å². The van der Waals surface area contributed by atoms with E-state index < -0.39 is 0 Å². The number of para-hydroxylation sites is 1. The Balaban J connectivity index is 1.43. The Morgan fingerprint density at radius 3 is 2.56 bits per heavy atom. The molecule has 0 bridgehead atoms. The predicted molar refractivity (Wildman–Crippen MR) is 120 cm³/mol. The molecule has 10 heteroatoms. The van der Waals surface area contributed by atoms with Gasteiger partial charge in [0.15, 0.2) is 11.5 Å². The molecular formula is C22H20N8O2. The normalized spacial score (nSPS) is 12.3. The van der Waals surface area contributed by atoms with Gasteiger partial charge in [-0.3, -0.25) is 0 Å². The molecule has 0 radical (unpaired) electrons. The molecule has 0 saturated carbocycles. The highest BCUT2D eigenvalue weighted by Crippen LogP contribution is 2.32. The Labute approximate surface area is 184 Å². The monoisotopic (exact) mass is 428 g/mol. The molecule has 5 rings (SSSR count). The summed E-state index contributed by atoms with van der Waals surface area (Å²) in [5.74, 6) is 2.44. The van der Waals surface area contributed by atoms with E-state index in [-0.39, 0.29) is 12.7 Å². The molecule has 0 saturated heterocycles. The minimum absolute atomic E-state index is 0.228. The second kappa shape index (κ2) is 8.34. The van der Waals surface area contributed by atoms with Gasteiger partial charge in [0.2, 0.25) is 18.7 Å². The molecule has 4 aromatic rings. The van der Waals surface area contributed by atoms with E-state index in [2.05, 4.69) is 35.9 Å². The van der Waals surface area contributed by atoms with Crippen molar-refractivity contribution in [2.75, 3.05) is 17.5 Å². The molecule has 0 fully saturated rings. The molecule has 0 atom stereocenters. The van der Waals surface area contributed by atoms with Crippen LogP contribution in [0.2, 0.25) is 0 Å². The van der Waals surface area contributed by atoms with Crippen molar-refractivity contribution < 1.29 is 9.47 Å². The number of nitrogens with one attached hydrogen (secondary N) is 2. The summed E-state index contributed by atoms with van der Waals surface area (Å²) in [5, 5.41) is 11.9. The van der Waals surface area contributed by atoms with Gasteiger partial charge in [-0.1, -0.05) is 18.2 Å². The number of nitrogens with zero attached hydrogens (tertiary/aromatic N) is 6. The average Bonchev–Trinajstić information content (AvgIpc) is 3.39. The first kappa shape index (κ1) is 19.5. The van der Waals surface area contributed by atoms with E-state index in [1.807, 2.05) is 68.4 Å². The molecule has 2 aromatic heterocycles. The van der Waals surface area contributed by atoms with Crippen LogP contribution in [0.4, 0.5) is 17.6 Å². The van der Waals surface area contributed by atoms with Crippen LogP contribution in [0, 0.1) is 13.8 Å². The van der Waals surface area contributed by atoms with E-state index >= 15 is 0 Å². The second-order valence-electron chi connectivity index (χ2n) is 7.10. The fraction of sp³-hybridized carbons (Fsp3) is 0.136. The van der Waals surface area contributed by atoms with Crippen LogP contribution in [0.1, 0.15) is 17.0 Å². The highest BCUT2D eigenvalue weighted by molar-refractivity contribution is 5.81. The zero-order chi connectivity index (χ0) is 21.9. The zero-order valence-electron chi connectivity index (χ0n) is 17.5. The number of ether oxygens (including phenoxy) is 2. The van der Waals surface area contributed by atoms with Crippen LogP contribution in [-0.2, 0) is 0 Å². The third kappa shape index (κ3) is 4.19. The number of fused-ring (bicyclic) bond motifs is 1. The van der Waals surface area contributed by atoms with E-state index in [0.717, 1.165) is 28.4 Å². The smallest absolute Gasteiger partial charge is 0.257 e. The van der Waals surface area contributed by atoms with Gasteiger partial charge in [-0.25, -0.2) is 10.1 Å². The Bertz CT molecular complexity index is 1290. The Morgan fingerprint density at radius 1 is 0.938 bits per heavy atom. The van der Waals surface area contributed by atoms with Crippen LogP contribution in [0.15, 0.2) is 59.7 Å². The van der Waals surface area contributed by atoms with Gasteiger partial charge in [-0.2, -0.15) is 25.2 Å². The summed E-state index contributed by atoms with van der Waals surface area (Å²) in [7, 11) is 0. The third-order valence-electron chi connectivity index (χ3n) is 4.63. The van der Waals surface area contributed by atoms with E-state index in [4.69, 9.17) is 9.47 Å². The first-order valence-electron chi connectivity index (χ1n) is 9.94. The van der Waals surface area contributed by atoms with Crippen LogP contribution < -0.4 is 20.2 Å². The molecule has 0 aliphatic carbocycles. The van der Waals surface area contributed by atoms with Gasteiger partial charge in [0.25, 0.3) is 5.95 Å². The summed E-state index contributed by atoms with van der Waals surface area (Å²) in [4.78, 5) is 13.4. The topological polar surface area (TPSA) is 111 Å². The minimum Gasteiger partial charge on any atom is -0.454 e. The number of hydrogen-bond acceptors (Lipinski definition) is 9. The van der Waals surface area contributed by atoms with Crippen LogP contribution in [0.5, 0.6) is 11.5 Å². The molecular weight excluding hydrogens is 408 g/mol. The molecule has 3 heterocycles. The lowest BCUT2D eigenvalue weighted by molar-refractivity contribution is 0.174. The van der Waals surface area contributed by atoms with E-state index in [1.165, 1.54) is 0 Å². The lowest BCUT2D eigenvalue weighted by atomic mass is 10.2. The number of aromatic nitrogens is 5. The van der Waals surface area contributed by atoms with Crippen molar-refractivity contribution in [2.24, 2.45) is 5.10 Å². The predicted octanol–water partition coefficient (Wildman–Crippen LogP) is 3.59. The minimum atomic E-state index is 0.228. The van der Waals surface area contributed by atoms with Crippen molar-refractivity contribution >= 4 is 23.8 Å². The first-order chi connectivity index (χ1) is 15.6. The molecule has 2 N–H and O–H groups in total. The third-order valence-corrected chi connectivity index (χ3v) is 4.63. The lowest BCUT2D eigenvalue weighted by Gasteiger charge is -2.09. The maximum Gasteiger partial charge on any atom is 0.257 e. The molecule has 0 amide bonds. The number of benzene rings is 2. The fourth-order valence-corrected chi connectivity index (χ4v) is 3.21. The maximum atomic E-state index is 5.40. The fourth-order valence-electron chi connectivity index (χ4n) is 3.21. The van der Waals surface area contributed by atoms with Gasteiger partial charge in [0.05, 0.1) is 11.9 Å². The number of rotatable bonds is 6. The van der Waals surface area contributed by atoms with Crippen LogP contribution in [0.25, 0.3) is 5.95 Å². The van der Waals surface area contributed by atoms with E-state index in [0.29, 0.717) is 17.6 Å². The molecule has 0 unspecified atom stereocenters. The van der Waals surface area contributed by atoms with Crippen molar-refractivity contribution in [1.29, 1.82) is 0 Å². The average molecular weight is 428 g/mol. The summed E-state index contributed by atoms with van der Waals surface area (Å²) < 4.78 is 12.4. The van der Waals surface area contributed by atoms with Crippen molar-refractivity contribution in [2.45, 2.75) is 13.8 Å². The van der Waals surface area contributed by atoms with Crippen LogP contribution >= 0.6 is 0 Å². The number of anilines is 3. The van der Waals surface area contributed by atoms with Gasteiger partial charge in [-0.05, 0) is 55.8 Å². The number of hydrazone groups is 1. The van der Waals surface area contributed by atoms with Crippen LogP contribution in [0.3, 0.4) is 0 Å². The Morgan fingerprint density at radius 2 is 1.75 bits per heavy atom. The summed E-state index contributed by atoms with van der Waals surface area (Å²) in [6, 6.07) is 17.2. The van der Waals surface area contributed by atoms with Crippen molar-refractivity contribution in [3.05, 3.63) is 71.5 Å². The highest BCUT2D eigenvalue weighted by Gasteiger charge is 2.13. The molecule has 0 spiro atoms. The molecule has 1 aliphatic heterocycles. The molecule has 2 aromatic carbocycles. The Kier molecular flexibility index (Phi) is 5.08. The summed E-state index contributed by atoms with van der Waals surface area (Å²) in [6.07, 6.45) is 1.65. The molecule has 10 nitrogen and oxygen atoms in total. The molecule has 160 valence electrons. The van der Waals surface area contributed by atoms with Crippen molar-refractivity contribution in [3.63, 3.8) is 0 Å². The summed E-state index contributed by atoms with van der Waals surface area (Å²) in [5.41, 5.74) is 6.36. The maximum absolute atomic E-state index is 5.40. The SMILES string of the molecule is Cc1cc(C)n(-c2nc(NN=Cc3ccc4c(c3)OCO4)nc(Nc3ccccc3)n2)n1. The quantitative estimate of drug-likeness (QED) is 0.354. The molecule has 1 aliphatic rings. The van der Waals surface area contributed by atoms with E-state index in [9.17, 15) is 0 Å². The number of hydrogen-bond donors (Lipinski definition) is 2. The Hall–Kier alpha value is -4.47. The van der Waals surface area contributed by atoms with Crippen molar-refractivity contribution in [1.82, 2.24) is 24.7 Å². The largest absolute Gasteiger partial charge is 0.454 e. The van der Waals surface area contributed by atoms with Gasteiger partial charge in [-0.15, -0.1) is 0 Å². The summed E-state index contributed by atoms with van der Waals surface area (Å²) >= 11 is 0. The second-order valence-corrected chi connectivity index (χ2v) is 7.10. The lowest BCUT2D eigenvalue weighted by Crippen LogP contribution is -2.11. The zero-order valence-corrected chi connectivity index (χ0v) is 17.5. The highest BCUT2D eigenvalue weighted by atomic mass is 16.7. The first-order valence-corrected chi connectivity index (χ1v) is 9.94. The van der Waals surface area contributed by atoms with Crippen molar-refractivity contribution in [3.8, 4) is 17.4 Å². The van der Waals surface area contributed by atoms with Gasteiger partial charge in [0.1, 0.15) is 0 Å². The van der Waals surface area contributed by atoms with E-state index in [1.54, 1.807) is 10.9 Å². The molecule has 32 heavy (non-hydrogen) atoms. The van der Waals surface area contributed by atoms with Gasteiger partial charge < -0.3 is 14.8 Å². The van der Waals surface area contributed by atoms with Gasteiger partial charge in [0, 0.05) is 11.4 Å².